The molecule has 1 saturated heterocycles. The first-order valence-corrected chi connectivity index (χ1v) is 7.78. The van der Waals surface area contributed by atoms with Crippen LogP contribution < -0.4 is 10.1 Å². The van der Waals surface area contributed by atoms with Crippen LogP contribution in [0.5, 0.6) is 5.75 Å². The van der Waals surface area contributed by atoms with E-state index in [1.54, 1.807) is 25.2 Å². The fraction of sp³-hybridized carbons (Fsp3) is 0.562. The number of benzene rings is 1. The van der Waals surface area contributed by atoms with Gasteiger partial charge in [0.2, 0.25) is 6.29 Å². The maximum Gasteiger partial charge on any atom is 0.302 e. The van der Waals surface area contributed by atoms with Gasteiger partial charge in [0.15, 0.2) is 0 Å². The number of ether oxygens (including phenoxy) is 3. The fourth-order valence-electron chi connectivity index (χ4n) is 2.44. The maximum absolute atomic E-state index is 10.9. The first-order valence-electron chi connectivity index (χ1n) is 7.78. The van der Waals surface area contributed by atoms with Gasteiger partial charge in [-0.25, -0.2) is 0 Å². The van der Waals surface area contributed by atoms with Crippen molar-refractivity contribution in [2.75, 3.05) is 19.0 Å². The van der Waals surface area contributed by atoms with E-state index in [0.717, 1.165) is 5.56 Å². The Labute approximate surface area is 144 Å². The smallest absolute Gasteiger partial charge is 0.302 e. The van der Waals surface area contributed by atoms with Gasteiger partial charge >= 0.3 is 5.97 Å². The van der Waals surface area contributed by atoms with E-state index >= 15 is 0 Å². The summed E-state index contributed by atoms with van der Waals surface area (Å²) in [6.07, 6.45) is -6.79. The van der Waals surface area contributed by atoms with Crippen LogP contribution in [0.25, 0.3) is 0 Å². The maximum atomic E-state index is 10.9. The molecule has 0 bridgehead atoms. The van der Waals surface area contributed by atoms with Crippen molar-refractivity contribution < 1.29 is 39.4 Å². The first kappa shape index (κ1) is 19.4. The molecule has 1 aromatic carbocycles. The SMILES string of the molecule is CNc1cc(COC(C)=O)ccc1OC1OC(CO)C(O)C(O)C1O. The number of aliphatic hydroxyl groups is 4. The van der Waals surface area contributed by atoms with Crippen LogP contribution in [0, 0.1) is 0 Å². The predicted octanol–water partition coefficient (Wildman–Crippen LogP) is -1.03. The highest BCUT2D eigenvalue weighted by Gasteiger charge is 2.44. The molecular weight excluding hydrogens is 334 g/mol. The van der Waals surface area contributed by atoms with E-state index in [9.17, 15) is 25.2 Å². The molecule has 1 aliphatic heterocycles. The van der Waals surface area contributed by atoms with Gasteiger partial charge in [-0.15, -0.1) is 0 Å². The average molecular weight is 357 g/mol. The summed E-state index contributed by atoms with van der Waals surface area (Å²) in [5, 5.41) is 41.7. The highest BCUT2D eigenvalue weighted by Crippen LogP contribution is 2.30. The van der Waals surface area contributed by atoms with Gasteiger partial charge in [-0.05, 0) is 17.7 Å². The molecule has 9 nitrogen and oxygen atoms in total. The van der Waals surface area contributed by atoms with Crippen molar-refractivity contribution in [3.05, 3.63) is 23.8 Å². The molecule has 0 radical (unpaired) electrons. The second-order valence-electron chi connectivity index (χ2n) is 5.68. The summed E-state index contributed by atoms with van der Waals surface area (Å²) in [4.78, 5) is 10.9. The molecule has 5 unspecified atom stereocenters. The van der Waals surface area contributed by atoms with Gasteiger partial charge in [-0.1, -0.05) is 6.07 Å². The van der Waals surface area contributed by atoms with E-state index in [1.165, 1.54) is 6.92 Å². The third-order valence-corrected chi connectivity index (χ3v) is 3.85. The Hall–Kier alpha value is -1.91. The summed E-state index contributed by atoms with van der Waals surface area (Å²) >= 11 is 0. The van der Waals surface area contributed by atoms with E-state index in [0.29, 0.717) is 11.4 Å². The van der Waals surface area contributed by atoms with Crippen LogP contribution in [0.3, 0.4) is 0 Å². The Morgan fingerprint density at radius 2 is 1.96 bits per heavy atom. The number of anilines is 1. The number of esters is 1. The van der Waals surface area contributed by atoms with E-state index < -0.39 is 43.3 Å². The molecule has 0 spiro atoms. The molecule has 140 valence electrons. The molecule has 5 atom stereocenters. The molecule has 9 heteroatoms. The minimum Gasteiger partial charge on any atom is -0.461 e. The Morgan fingerprint density at radius 1 is 1.24 bits per heavy atom. The third-order valence-electron chi connectivity index (χ3n) is 3.85. The van der Waals surface area contributed by atoms with E-state index in [-0.39, 0.29) is 6.61 Å². The number of carbonyl (C=O) groups excluding carboxylic acids is 1. The summed E-state index contributed by atoms with van der Waals surface area (Å²) < 4.78 is 15.8. The van der Waals surface area contributed by atoms with Gasteiger partial charge in [0.05, 0.1) is 12.3 Å². The molecule has 0 aromatic heterocycles. The summed E-state index contributed by atoms with van der Waals surface area (Å²) in [5.41, 5.74) is 1.27. The standard InChI is InChI=1S/C16H23NO8/c1-8(19)23-7-9-3-4-11(10(5-9)17-2)24-16-15(22)14(21)13(20)12(6-18)25-16/h3-5,12-18,20-22H,6-7H2,1-2H3. The monoisotopic (exact) mass is 357 g/mol. The van der Waals surface area contributed by atoms with Gasteiger partial charge in [-0.3, -0.25) is 4.79 Å². The molecule has 2 rings (SSSR count). The number of hydrogen-bond donors (Lipinski definition) is 5. The van der Waals surface area contributed by atoms with Gasteiger partial charge in [0.25, 0.3) is 0 Å². The van der Waals surface area contributed by atoms with Crippen LogP contribution in [0.1, 0.15) is 12.5 Å². The van der Waals surface area contributed by atoms with Crippen molar-refractivity contribution >= 4 is 11.7 Å². The Bertz CT molecular complexity index is 593. The lowest BCUT2D eigenvalue weighted by atomic mass is 9.99. The fourth-order valence-corrected chi connectivity index (χ4v) is 2.44. The summed E-state index contributed by atoms with van der Waals surface area (Å²) in [7, 11) is 1.66. The molecule has 0 saturated carbocycles. The molecule has 0 amide bonds. The van der Waals surface area contributed by atoms with Crippen LogP contribution >= 0.6 is 0 Å². The Kier molecular flexibility index (Phi) is 6.57. The zero-order chi connectivity index (χ0) is 18.6. The van der Waals surface area contributed by atoms with Crippen LogP contribution in [0.2, 0.25) is 0 Å². The van der Waals surface area contributed by atoms with E-state index in [4.69, 9.17) is 14.2 Å². The second-order valence-corrected chi connectivity index (χ2v) is 5.68. The minimum absolute atomic E-state index is 0.102. The zero-order valence-corrected chi connectivity index (χ0v) is 14.0. The second kappa shape index (κ2) is 8.45. The van der Waals surface area contributed by atoms with Crippen molar-refractivity contribution in [3.8, 4) is 5.75 Å². The Balaban J connectivity index is 2.14. The largest absolute Gasteiger partial charge is 0.461 e. The molecule has 1 heterocycles. The first-order chi connectivity index (χ1) is 11.9. The normalized spacial score (nSPS) is 29.1. The topological polar surface area (TPSA) is 138 Å². The van der Waals surface area contributed by atoms with E-state index in [2.05, 4.69) is 5.32 Å². The lowest BCUT2D eigenvalue weighted by molar-refractivity contribution is -0.277. The highest BCUT2D eigenvalue weighted by atomic mass is 16.7. The van der Waals surface area contributed by atoms with Gasteiger partial charge in [-0.2, -0.15) is 0 Å². The lowest BCUT2D eigenvalue weighted by Crippen LogP contribution is -2.60. The van der Waals surface area contributed by atoms with Crippen LogP contribution in [0.15, 0.2) is 18.2 Å². The summed E-state index contributed by atoms with van der Waals surface area (Å²) in [6.45, 7) is 0.880. The third kappa shape index (κ3) is 4.59. The molecule has 1 aromatic rings. The zero-order valence-electron chi connectivity index (χ0n) is 14.0. The molecule has 1 fully saturated rings. The van der Waals surface area contributed by atoms with Crippen molar-refractivity contribution in [2.24, 2.45) is 0 Å². The van der Waals surface area contributed by atoms with Gasteiger partial charge in [0, 0.05) is 14.0 Å². The number of aliphatic hydroxyl groups excluding tert-OH is 4. The van der Waals surface area contributed by atoms with Crippen molar-refractivity contribution in [1.29, 1.82) is 0 Å². The molecule has 25 heavy (non-hydrogen) atoms. The van der Waals surface area contributed by atoms with Crippen molar-refractivity contribution in [3.63, 3.8) is 0 Å². The molecule has 5 N–H and O–H groups in total. The van der Waals surface area contributed by atoms with Crippen molar-refractivity contribution in [2.45, 2.75) is 44.2 Å². The quantitative estimate of drug-likeness (QED) is 0.405. The number of rotatable bonds is 6. The summed E-state index contributed by atoms with van der Waals surface area (Å²) in [6, 6.07) is 4.96. The van der Waals surface area contributed by atoms with Crippen molar-refractivity contribution in [1.82, 2.24) is 0 Å². The molecule has 1 aliphatic rings. The number of carbonyl (C=O) groups is 1. The van der Waals surface area contributed by atoms with Gasteiger partial charge in [0.1, 0.15) is 36.8 Å². The summed E-state index contributed by atoms with van der Waals surface area (Å²) in [5.74, 6) is -0.0777. The molecule has 0 aliphatic carbocycles. The van der Waals surface area contributed by atoms with Crippen LogP contribution in [-0.4, -0.2) is 70.8 Å². The number of nitrogens with one attached hydrogen (secondary N) is 1. The minimum atomic E-state index is -1.52. The van der Waals surface area contributed by atoms with Crippen LogP contribution in [-0.2, 0) is 20.9 Å². The van der Waals surface area contributed by atoms with Crippen LogP contribution in [0.4, 0.5) is 5.69 Å². The number of hydrogen-bond acceptors (Lipinski definition) is 9. The predicted molar refractivity (Wildman–Crippen MR) is 85.9 cm³/mol. The highest BCUT2D eigenvalue weighted by molar-refractivity contribution is 5.66. The van der Waals surface area contributed by atoms with Gasteiger partial charge < -0.3 is 40.0 Å². The average Bonchev–Trinajstić information content (AvgIpc) is 2.60. The molecular formula is C16H23NO8. The Morgan fingerprint density at radius 3 is 2.56 bits per heavy atom. The lowest BCUT2D eigenvalue weighted by Gasteiger charge is -2.39. The van der Waals surface area contributed by atoms with E-state index in [1.807, 2.05) is 0 Å².